The van der Waals surface area contributed by atoms with Crippen molar-refractivity contribution in [1.29, 1.82) is 0 Å². The molecule has 2 aliphatic rings. The third-order valence-electron chi connectivity index (χ3n) is 5.05. The van der Waals surface area contributed by atoms with Crippen LogP contribution in [0, 0.1) is 0 Å². The van der Waals surface area contributed by atoms with E-state index in [1.54, 1.807) is 0 Å². The Morgan fingerprint density at radius 3 is 2.54 bits per heavy atom. The third kappa shape index (κ3) is 8.61. The lowest BCUT2D eigenvalue weighted by Crippen LogP contribution is -2.43. The Balaban J connectivity index is 0.00000288. The van der Waals surface area contributed by atoms with E-state index < -0.39 is 0 Å². The van der Waals surface area contributed by atoms with Crippen molar-refractivity contribution in [1.82, 2.24) is 15.5 Å². The van der Waals surface area contributed by atoms with Gasteiger partial charge in [-0.3, -0.25) is 4.99 Å². The second kappa shape index (κ2) is 12.6. The van der Waals surface area contributed by atoms with Gasteiger partial charge in [0.1, 0.15) is 0 Å². The SMILES string of the molecule is CN=C(NCCCCCN1CCCCC1)NCC1(C)CCCS1.I. The number of guanidine groups is 1. The van der Waals surface area contributed by atoms with Crippen molar-refractivity contribution in [2.45, 2.75) is 63.0 Å². The maximum absolute atomic E-state index is 4.35. The molecule has 2 N–H and O–H groups in total. The Hall–Kier alpha value is 0.310. The van der Waals surface area contributed by atoms with Gasteiger partial charge in [-0.15, -0.1) is 24.0 Å². The Kier molecular flexibility index (Phi) is 11.8. The largest absolute Gasteiger partial charge is 0.356 e. The van der Waals surface area contributed by atoms with Gasteiger partial charge in [-0.2, -0.15) is 11.8 Å². The summed E-state index contributed by atoms with van der Waals surface area (Å²) in [5.41, 5.74) is 0. The molecule has 0 aliphatic carbocycles. The van der Waals surface area contributed by atoms with Gasteiger partial charge in [-0.05, 0) is 70.8 Å². The molecule has 6 heteroatoms. The van der Waals surface area contributed by atoms with E-state index in [2.05, 4.69) is 39.2 Å². The van der Waals surface area contributed by atoms with E-state index in [1.807, 2.05) is 7.05 Å². The van der Waals surface area contributed by atoms with Gasteiger partial charge in [0.05, 0.1) is 0 Å². The zero-order chi connectivity index (χ0) is 16.4. The fraction of sp³-hybridized carbons (Fsp3) is 0.944. The molecule has 2 heterocycles. The van der Waals surface area contributed by atoms with Crippen LogP contribution in [-0.4, -0.2) is 61.1 Å². The van der Waals surface area contributed by atoms with Crippen molar-refractivity contribution < 1.29 is 0 Å². The molecule has 1 atom stereocenters. The Morgan fingerprint density at radius 2 is 1.88 bits per heavy atom. The number of aliphatic imine (C=N–C) groups is 1. The molecule has 0 saturated carbocycles. The predicted octanol–water partition coefficient (Wildman–Crippen LogP) is 3.71. The van der Waals surface area contributed by atoms with Gasteiger partial charge < -0.3 is 15.5 Å². The lowest BCUT2D eigenvalue weighted by Gasteiger charge is -2.26. The minimum atomic E-state index is 0. The highest BCUT2D eigenvalue weighted by Gasteiger charge is 2.29. The number of rotatable bonds is 8. The number of hydrogen-bond donors (Lipinski definition) is 2. The van der Waals surface area contributed by atoms with Gasteiger partial charge in [0, 0.05) is 24.9 Å². The highest BCUT2D eigenvalue weighted by Crippen LogP contribution is 2.36. The van der Waals surface area contributed by atoms with Crippen LogP contribution in [-0.2, 0) is 0 Å². The van der Waals surface area contributed by atoms with Crippen molar-refractivity contribution in [3.8, 4) is 0 Å². The third-order valence-corrected chi connectivity index (χ3v) is 6.58. The fourth-order valence-corrected chi connectivity index (χ4v) is 4.74. The average Bonchev–Trinajstić information content (AvgIpc) is 3.01. The Bertz CT molecular complexity index is 353. The molecule has 2 fully saturated rings. The number of nitrogens with one attached hydrogen (secondary N) is 2. The van der Waals surface area contributed by atoms with E-state index in [-0.39, 0.29) is 24.0 Å². The van der Waals surface area contributed by atoms with Crippen LogP contribution in [0.25, 0.3) is 0 Å². The molecular formula is C18H37IN4S. The molecular weight excluding hydrogens is 431 g/mol. The lowest BCUT2D eigenvalue weighted by atomic mass is 10.1. The molecule has 0 amide bonds. The topological polar surface area (TPSA) is 39.7 Å². The Morgan fingerprint density at radius 1 is 1.08 bits per heavy atom. The van der Waals surface area contributed by atoms with Crippen LogP contribution in [0.3, 0.4) is 0 Å². The summed E-state index contributed by atoms with van der Waals surface area (Å²) in [5, 5.41) is 6.97. The molecule has 0 radical (unpaired) electrons. The zero-order valence-corrected chi connectivity index (χ0v) is 18.8. The highest BCUT2D eigenvalue weighted by atomic mass is 127. The summed E-state index contributed by atoms with van der Waals surface area (Å²) in [4.78, 5) is 6.98. The molecule has 0 aromatic rings. The number of unbranched alkanes of at least 4 members (excludes halogenated alkanes) is 2. The quantitative estimate of drug-likeness (QED) is 0.247. The van der Waals surface area contributed by atoms with E-state index in [1.165, 1.54) is 76.8 Å². The minimum absolute atomic E-state index is 0. The predicted molar refractivity (Wildman–Crippen MR) is 119 cm³/mol. The van der Waals surface area contributed by atoms with E-state index in [4.69, 9.17) is 0 Å². The first kappa shape index (κ1) is 22.4. The van der Waals surface area contributed by atoms with Crippen LogP contribution >= 0.6 is 35.7 Å². The maximum Gasteiger partial charge on any atom is 0.191 e. The molecule has 142 valence electrons. The second-order valence-corrected chi connectivity index (χ2v) is 8.90. The number of halogens is 1. The van der Waals surface area contributed by atoms with E-state index >= 15 is 0 Å². The summed E-state index contributed by atoms with van der Waals surface area (Å²) >= 11 is 2.10. The summed E-state index contributed by atoms with van der Waals surface area (Å²) in [6.07, 6.45) is 10.8. The van der Waals surface area contributed by atoms with E-state index in [9.17, 15) is 0 Å². The standard InChI is InChI=1S/C18H36N4S.HI/c1-18(10-9-15-23-18)16-21-17(19-2)20-11-5-3-6-12-22-13-7-4-8-14-22;/h3-16H2,1-2H3,(H2,19,20,21);1H. The molecule has 2 aliphatic heterocycles. The van der Waals surface area contributed by atoms with Crippen LogP contribution in [0.4, 0.5) is 0 Å². The lowest BCUT2D eigenvalue weighted by molar-refractivity contribution is 0.224. The molecule has 1 unspecified atom stereocenters. The molecule has 0 aromatic carbocycles. The summed E-state index contributed by atoms with van der Waals surface area (Å²) in [6.45, 7) is 8.36. The number of thioether (sulfide) groups is 1. The molecule has 0 aromatic heterocycles. The van der Waals surface area contributed by atoms with Crippen LogP contribution < -0.4 is 10.6 Å². The monoisotopic (exact) mass is 468 g/mol. The van der Waals surface area contributed by atoms with Gasteiger partial charge in [-0.1, -0.05) is 12.8 Å². The van der Waals surface area contributed by atoms with Crippen molar-refractivity contribution in [2.24, 2.45) is 4.99 Å². The Labute approximate surface area is 170 Å². The first-order valence-corrected chi connectivity index (χ1v) is 10.5. The van der Waals surface area contributed by atoms with Crippen molar-refractivity contribution in [3.63, 3.8) is 0 Å². The van der Waals surface area contributed by atoms with Crippen molar-refractivity contribution in [2.75, 3.05) is 45.5 Å². The first-order valence-electron chi connectivity index (χ1n) is 9.53. The number of hydrogen-bond acceptors (Lipinski definition) is 3. The van der Waals surface area contributed by atoms with Gasteiger partial charge in [0.2, 0.25) is 0 Å². The zero-order valence-electron chi connectivity index (χ0n) is 15.6. The molecule has 0 spiro atoms. The number of nitrogens with zero attached hydrogens (tertiary/aromatic N) is 2. The first-order chi connectivity index (χ1) is 11.2. The van der Waals surface area contributed by atoms with Gasteiger partial charge in [-0.25, -0.2) is 0 Å². The van der Waals surface area contributed by atoms with E-state index in [0.717, 1.165) is 19.0 Å². The molecule has 2 rings (SSSR count). The highest BCUT2D eigenvalue weighted by molar-refractivity contribution is 14.0. The normalized spacial score (nSPS) is 25.3. The summed E-state index contributed by atoms with van der Waals surface area (Å²) in [6, 6.07) is 0. The average molecular weight is 468 g/mol. The van der Waals surface area contributed by atoms with E-state index in [0.29, 0.717) is 4.75 Å². The summed E-state index contributed by atoms with van der Waals surface area (Å²) in [5.74, 6) is 2.27. The molecule has 4 nitrogen and oxygen atoms in total. The number of piperidine rings is 1. The van der Waals surface area contributed by atoms with Crippen LogP contribution in [0.5, 0.6) is 0 Å². The molecule has 0 bridgehead atoms. The smallest absolute Gasteiger partial charge is 0.191 e. The summed E-state index contributed by atoms with van der Waals surface area (Å²) in [7, 11) is 1.87. The van der Waals surface area contributed by atoms with Gasteiger partial charge in [0.25, 0.3) is 0 Å². The fourth-order valence-electron chi connectivity index (χ4n) is 3.49. The number of likely N-dealkylation sites (tertiary alicyclic amines) is 1. The summed E-state index contributed by atoms with van der Waals surface area (Å²) < 4.78 is 0.395. The second-order valence-electron chi connectivity index (χ2n) is 7.22. The van der Waals surface area contributed by atoms with Crippen molar-refractivity contribution in [3.05, 3.63) is 0 Å². The molecule has 24 heavy (non-hydrogen) atoms. The van der Waals surface area contributed by atoms with Crippen LogP contribution in [0.1, 0.15) is 58.3 Å². The minimum Gasteiger partial charge on any atom is -0.356 e. The van der Waals surface area contributed by atoms with Crippen LogP contribution in [0.15, 0.2) is 4.99 Å². The maximum atomic E-state index is 4.35. The molecule has 2 saturated heterocycles. The van der Waals surface area contributed by atoms with Gasteiger partial charge in [0.15, 0.2) is 5.96 Å². The van der Waals surface area contributed by atoms with Crippen molar-refractivity contribution >= 4 is 41.7 Å². The van der Waals surface area contributed by atoms with Gasteiger partial charge >= 0.3 is 0 Å². The van der Waals surface area contributed by atoms with Crippen LogP contribution in [0.2, 0.25) is 0 Å².